The number of fused-ring (bicyclic) bond motifs is 1. The van der Waals surface area contributed by atoms with Crippen molar-refractivity contribution < 1.29 is 14.7 Å². The van der Waals surface area contributed by atoms with Gasteiger partial charge in [-0.25, -0.2) is 9.59 Å². The van der Waals surface area contributed by atoms with E-state index in [4.69, 9.17) is 0 Å². The molecule has 1 aliphatic rings. The largest absolute Gasteiger partial charge is 0.480 e. The molecule has 0 atom stereocenters. The standard InChI is InChI=1S/C14H15N3O4/c18-11(16-14(12(19)20)6-3-7-14)8-17-10-5-2-1-4-9(10)15-13(17)21/h1-2,4-5H,3,6-8H2,(H,15,21)(H,16,18)(H,19,20). The van der Waals surface area contributed by atoms with Gasteiger partial charge < -0.3 is 15.4 Å². The Bertz CT molecular complexity index is 770. The lowest BCUT2D eigenvalue weighted by molar-refractivity contribution is -0.151. The van der Waals surface area contributed by atoms with Crippen molar-refractivity contribution in [2.24, 2.45) is 0 Å². The molecule has 0 unspecified atom stereocenters. The van der Waals surface area contributed by atoms with E-state index >= 15 is 0 Å². The number of aromatic nitrogens is 2. The number of para-hydroxylation sites is 2. The molecule has 0 radical (unpaired) electrons. The highest BCUT2D eigenvalue weighted by Crippen LogP contribution is 2.31. The summed E-state index contributed by atoms with van der Waals surface area (Å²) < 4.78 is 1.30. The highest BCUT2D eigenvalue weighted by atomic mass is 16.4. The Labute approximate surface area is 119 Å². The summed E-state index contributed by atoms with van der Waals surface area (Å²) in [6.07, 6.45) is 1.63. The molecule has 1 saturated carbocycles. The number of aliphatic carboxylic acids is 1. The lowest BCUT2D eigenvalue weighted by Crippen LogP contribution is -2.59. The van der Waals surface area contributed by atoms with Gasteiger partial charge in [0.2, 0.25) is 5.91 Å². The van der Waals surface area contributed by atoms with Gasteiger partial charge in [0.05, 0.1) is 11.0 Å². The number of hydrogen-bond donors (Lipinski definition) is 3. The van der Waals surface area contributed by atoms with Crippen molar-refractivity contribution in [1.29, 1.82) is 0 Å². The average molecular weight is 289 g/mol. The third-order valence-electron chi connectivity index (χ3n) is 3.98. The quantitative estimate of drug-likeness (QED) is 0.760. The van der Waals surface area contributed by atoms with Gasteiger partial charge in [-0.05, 0) is 31.4 Å². The maximum absolute atomic E-state index is 12.1. The van der Waals surface area contributed by atoms with Crippen molar-refractivity contribution in [2.45, 2.75) is 31.3 Å². The van der Waals surface area contributed by atoms with Crippen LogP contribution >= 0.6 is 0 Å². The van der Waals surface area contributed by atoms with Crippen molar-refractivity contribution in [2.75, 3.05) is 0 Å². The molecule has 0 aliphatic heterocycles. The van der Waals surface area contributed by atoms with Gasteiger partial charge in [0.1, 0.15) is 12.1 Å². The number of nitrogens with zero attached hydrogens (tertiary/aromatic N) is 1. The fourth-order valence-electron chi connectivity index (χ4n) is 2.64. The van der Waals surface area contributed by atoms with Crippen LogP contribution in [0.2, 0.25) is 0 Å². The minimum absolute atomic E-state index is 0.197. The van der Waals surface area contributed by atoms with Crippen LogP contribution in [0.3, 0.4) is 0 Å². The molecule has 1 heterocycles. The summed E-state index contributed by atoms with van der Waals surface area (Å²) in [5.41, 5.74) is -0.279. The maximum atomic E-state index is 12.1. The van der Waals surface area contributed by atoms with Crippen LogP contribution in [0.4, 0.5) is 0 Å². The third kappa shape index (κ3) is 2.20. The maximum Gasteiger partial charge on any atom is 0.329 e. The summed E-state index contributed by atoms with van der Waals surface area (Å²) in [5.74, 6) is -1.49. The van der Waals surface area contributed by atoms with Crippen LogP contribution in [-0.4, -0.2) is 32.1 Å². The molecule has 21 heavy (non-hydrogen) atoms. The molecule has 7 heteroatoms. The van der Waals surface area contributed by atoms with Crippen LogP contribution in [-0.2, 0) is 16.1 Å². The number of amides is 1. The molecule has 7 nitrogen and oxygen atoms in total. The number of carboxylic acids is 1. The Morgan fingerprint density at radius 3 is 2.67 bits per heavy atom. The van der Waals surface area contributed by atoms with Gasteiger partial charge in [-0.15, -0.1) is 0 Å². The Hall–Kier alpha value is -2.57. The number of H-pyrrole nitrogens is 1. The minimum Gasteiger partial charge on any atom is -0.480 e. The van der Waals surface area contributed by atoms with Crippen LogP contribution in [0.1, 0.15) is 19.3 Å². The predicted octanol–water partition coefficient (Wildman–Crippen LogP) is 0.453. The predicted molar refractivity (Wildman–Crippen MR) is 74.9 cm³/mol. The topological polar surface area (TPSA) is 104 Å². The first-order chi connectivity index (χ1) is 10.0. The highest BCUT2D eigenvalue weighted by molar-refractivity contribution is 5.88. The van der Waals surface area contributed by atoms with E-state index in [-0.39, 0.29) is 12.2 Å². The second-order valence-electron chi connectivity index (χ2n) is 5.32. The zero-order chi connectivity index (χ0) is 15.0. The summed E-state index contributed by atoms with van der Waals surface area (Å²) in [4.78, 5) is 37.8. The fraction of sp³-hybridized carbons (Fsp3) is 0.357. The minimum atomic E-state index is -1.16. The van der Waals surface area contributed by atoms with Gasteiger partial charge in [-0.2, -0.15) is 0 Å². The number of benzene rings is 1. The Morgan fingerprint density at radius 2 is 2.05 bits per heavy atom. The summed E-state index contributed by atoms with van der Waals surface area (Å²) >= 11 is 0. The number of rotatable bonds is 4. The number of carbonyl (C=O) groups excluding carboxylic acids is 1. The molecular formula is C14H15N3O4. The molecule has 0 saturated heterocycles. The number of aromatic amines is 1. The average Bonchev–Trinajstić information content (AvgIpc) is 2.70. The number of carbonyl (C=O) groups is 2. The van der Waals surface area contributed by atoms with Crippen molar-refractivity contribution in [3.63, 3.8) is 0 Å². The molecule has 1 aromatic carbocycles. The highest BCUT2D eigenvalue weighted by Gasteiger charge is 2.45. The van der Waals surface area contributed by atoms with Crippen LogP contribution in [0, 0.1) is 0 Å². The molecule has 3 N–H and O–H groups in total. The van der Waals surface area contributed by atoms with Crippen LogP contribution in [0.15, 0.2) is 29.1 Å². The lowest BCUT2D eigenvalue weighted by atomic mass is 9.77. The summed E-state index contributed by atoms with van der Waals surface area (Å²) in [5, 5.41) is 11.7. The molecule has 1 aliphatic carbocycles. The van der Waals surface area contributed by atoms with E-state index in [1.54, 1.807) is 24.3 Å². The number of nitrogens with one attached hydrogen (secondary N) is 2. The molecular weight excluding hydrogens is 274 g/mol. The second-order valence-corrected chi connectivity index (χ2v) is 5.32. The third-order valence-corrected chi connectivity index (χ3v) is 3.98. The first-order valence-electron chi connectivity index (χ1n) is 6.74. The van der Waals surface area contributed by atoms with E-state index in [9.17, 15) is 19.5 Å². The van der Waals surface area contributed by atoms with Gasteiger partial charge in [0.15, 0.2) is 0 Å². The SMILES string of the molecule is O=C(Cn1c(=O)[nH]c2ccccc21)NC1(C(=O)O)CCC1. The zero-order valence-corrected chi connectivity index (χ0v) is 11.3. The number of imidazole rings is 1. The molecule has 110 valence electrons. The van der Waals surface area contributed by atoms with Crippen molar-refractivity contribution in [3.05, 3.63) is 34.7 Å². The van der Waals surface area contributed by atoms with E-state index in [0.29, 0.717) is 23.9 Å². The normalized spacial score (nSPS) is 16.4. The van der Waals surface area contributed by atoms with Crippen LogP contribution in [0.5, 0.6) is 0 Å². The van der Waals surface area contributed by atoms with E-state index in [1.165, 1.54) is 4.57 Å². The van der Waals surface area contributed by atoms with Gasteiger partial charge in [-0.1, -0.05) is 12.1 Å². The van der Waals surface area contributed by atoms with E-state index in [0.717, 1.165) is 6.42 Å². The molecule has 0 bridgehead atoms. The molecule has 1 fully saturated rings. The fourth-order valence-corrected chi connectivity index (χ4v) is 2.64. The molecule has 1 amide bonds. The number of hydrogen-bond acceptors (Lipinski definition) is 3. The number of carboxylic acid groups (broad SMARTS) is 1. The van der Waals surface area contributed by atoms with Gasteiger partial charge in [0.25, 0.3) is 0 Å². The van der Waals surface area contributed by atoms with Crippen molar-refractivity contribution in [3.8, 4) is 0 Å². The Morgan fingerprint density at radius 1 is 1.33 bits per heavy atom. The molecule has 3 rings (SSSR count). The van der Waals surface area contributed by atoms with Gasteiger partial charge in [-0.3, -0.25) is 9.36 Å². The summed E-state index contributed by atoms with van der Waals surface area (Å²) in [6, 6.07) is 7.04. The van der Waals surface area contributed by atoms with E-state index in [1.807, 2.05) is 0 Å². The molecule has 0 spiro atoms. The van der Waals surface area contributed by atoms with Gasteiger partial charge in [0, 0.05) is 0 Å². The Kier molecular flexibility index (Phi) is 3.04. The monoisotopic (exact) mass is 289 g/mol. The van der Waals surface area contributed by atoms with E-state index < -0.39 is 17.4 Å². The Balaban J connectivity index is 1.82. The molecule has 1 aromatic heterocycles. The first kappa shape index (κ1) is 13.4. The lowest BCUT2D eigenvalue weighted by Gasteiger charge is -2.38. The van der Waals surface area contributed by atoms with E-state index in [2.05, 4.69) is 10.3 Å². The van der Waals surface area contributed by atoms with Gasteiger partial charge >= 0.3 is 11.7 Å². The smallest absolute Gasteiger partial charge is 0.329 e. The summed E-state index contributed by atoms with van der Waals surface area (Å²) in [7, 11) is 0. The van der Waals surface area contributed by atoms with Crippen LogP contribution in [0.25, 0.3) is 11.0 Å². The van der Waals surface area contributed by atoms with Crippen LogP contribution < -0.4 is 11.0 Å². The van der Waals surface area contributed by atoms with Crippen molar-refractivity contribution in [1.82, 2.24) is 14.9 Å². The summed E-state index contributed by atoms with van der Waals surface area (Å²) in [6.45, 7) is -0.197. The molecule has 2 aromatic rings. The zero-order valence-electron chi connectivity index (χ0n) is 11.3. The first-order valence-corrected chi connectivity index (χ1v) is 6.74. The second kappa shape index (κ2) is 4.76. The van der Waals surface area contributed by atoms with Crippen molar-refractivity contribution >= 4 is 22.9 Å².